The summed E-state index contributed by atoms with van der Waals surface area (Å²) in [5, 5.41) is 6.18. The zero-order chi connectivity index (χ0) is 14.2. The van der Waals surface area contributed by atoms with Crippen molar-refractivity contribution in [3.8, 4) is 0 Å². The average molecular weight is 279 g/mol. The van der Waals surface area contributed by atoms with Gasteiger partial charge in [-0.25, -0.2) is 0 Å². The SMILES string of the molecule is CNC1(C(=O)NC[C@H]2CCCN(C(=O)C3CC3)C2)CC1. The van der Waals surface area contributed by atoms with Gasteiger partial charge in [0, 0.05) is 25.6 Å². The molecular formula is C15H25N3O2. The molecule has 1 heterocycles. The fourth-order valence-electron chi connectivity index (χ4n) is 3.14. The molecule has 2 aliphatic carbocycles. The molecular weight excluding hydrogens is 254 g/mol. The van der Waals surface area contributed by atoms with Crippen molar-refractivity contribution >= 4 is 11.8 Å². The molecule has 0 aromatic rings. The van der Waals surface area contributed by atoms with E-state index >= 15 is 0 Å². The smallest absolute Gasteiger partial charge is 0.240 e. The molecule has 112 valence electrons. The summed E-state index contributed by atoms with van der Waals surface area (Å²) in [5.74, 6) is 1.20. The minimum absolute atomic E-state index is 0.130. The van der Waals surface area contributed by atoms with Crippen LogP contribution in [0.5, 0.6) is 0 Å². The molecule has 2 amide bonds. The van der Waals surface area contributed by atoms with Crippen LogP contribution in [0.1, 0.15) is 38.5 Å². The van der Waals surface area contributed by atoms with E-state index in [1.54, 1.807) is 0 Å². The molecule has 5 nitrogen and oxygen atoms in total. The van der Waals surface area contributed by atoms with Crippen molar-refractivity contribution in [1.82, 2.24) is 15.5 Å². The minimum Gasteiger partial charge on any atom is -0.354 e. The molecule has 0 unspecified atom stereocenters. The first-order chi connectivity index (χ1) is 9.64. The molecule has 2 saturated carbocycles. The number of piperidine rings is 1. The maximum atomic E-state index is 12.1. The van der Waals surface area contributed by atoms with Crippen LogP contribution in [-0.4, -0.2) is 48.9 Å². The molecule has 0 spiro atoms. The molecule has 2 N–H and O–H groups in total. The van der Waals surface area contributed by atoms with Gasteiger partial charge in [-0.1, -0.05) is 0 Å². The van der Waals surface area contributed by atoms with E-state index in [0.717, 1.165) is 51.6 Å². The highest BCUT2D eigenvalue weighted by Crippen LogP contribution is 2.35. The third kappa shape index (κ3) is 2.82. The van der Waals surface area contributed by atoms with Crippen molar-refractivity contribution < 1.29 is 9.59 Å². The van der Waals surface area contributed by atoms with E-state index in [4.69, 9.17) is 0 Å². The molecule has 0 radical (unpaired) electrons. The van der Waals surface area contributed by atoms with Gasteiger partial charge in [-0.15, -0.1) is 0 Å². The first-order valence-electron chi connectivity index (χ1n) is 7.90. The molecule has 1 saturated heterocycles. The van der Waals surface area contributed by atoms with E-state index in [0.29, 0.717) is 24.3 Å². The number of hydrogen-bond donors (Lipinski definition) is 2. The van der Waals surface area contributed by atoms with Crippen LogP contribution in [0.25, 0.3) is 0 Å². The van der Waals surface area contributed by atoms with E-state index in [-0.39, 0.29) is 11.4 Å². The van der Waals surface area contributed by atoms with E-state index in [1.165, 1.54) is 0 Å². The third-order valence-electron chi connectivity index (χ3n) is 4.97. The number of likely N-dealkylation sites (tertiary alicyclic amines) is 1. The van der Waals surface area contributed by atoms with Crippen LogP contribution in [0.2, 0.25) is 0 Å². The maximum Gasteiger partial charge on any atom is 0.240 e. The van der Waals surface area contributed by atoms with E-state index in [1.807, 2.05) is 11.9 Å². The summed E-state index contributed by atoms with van der Waals surface area (Å²) in [6.07, 6.45) is 6.19. The van der Waals surface area contributed by atoms with E-state index in [9.17, 15) is 9.59 Å². The topological polar surface area (TPSA) is 61.4 Å². The summed E-state index contributed by atoms with van der Waals surface area (Å²) in [6.45, 7) is 2.43. The number of nitrogens with zero attached hydrogens (tertiary/aromatic N) is 1. The lowest BCUT2D eigenvalue weighted by Gasteiger charge is -2.33. The molecule has 0 aromatic heterocycles. The fraction of sp³-hybridized carbons (Fsp3) is 0.867. The summed E-state index contributed by atoms with van der Waals surface area (Å²) in [5.41, 5.74) is -0.293. The lowest BCUT2D eigenvalue weighted by atomic mass is 9.97. The van der Waals surface area contributed by atoms with Gasteiger partial charge in [-0.05, 0) is 51.5 Å². The first-order valence-corrected chi connectivity index (χ1v) is 7.90. The number of rotatable bonds is 5. The van der Waals surface area contributed by atoms with E-state index in [2.05, 4.69) is 10.6 Å². The van der Waals surface area contributed by atoms with Crippen LogP contribution in [0.4, 0.5) is 0 Å². The predicted molar refractivity (Wildman–Crippen MR) is 76.1 cm³/mol. The summed E-state index contributed by atoms with van der Waals surface area (Å²) in [6, 6.07) is 0. The molecule has 1 aliphatic heterocycles. The zero-order valence-electron chi connectivity index (χ0n) is 12.3. The number of likely N-dealkylation sites (N-methyl/N-ethyl adjacent to an activating group) is 1. The van der Waals surface area contributed by atoms with Crippen LogP contribution in [-0.2, 0) is 9.59 Å². The largest absolute Gasteiger partial charge is 0.354 e. The van der Waals surface area contributed by atoms with Gasteiger partial charge in [0.15, 0.2) is 0 Å². The molecule has 1 atom stereocenters. The average Bonchev–Trinajstić information content (AvgIpc) is 3.37. The number of hydrogen-bond acceptors (Lipinski definition) is 3. The lowest BCUT2D eigenvalue weighted by Crippen LogP contribution is -2.49. The van der Waals surface area contributed by atoms with Gasteiger partial charge < -0.3 is 15.5 Å². The van der Waals surface area contributed by atoms with Crippen molar-refractivity contribution in [2.75, 3.05) is 26.7 Å². The first kappa shape index (κ1) is 13.9. The standard InChI is InChI=1S/C15H25N3O2/c1-16-15(6-7-15)14(20)17-9-11-3-2-8-18(10-11)13(19)12-4-5-12/h11-12,16H,2-10H2,1H3,(H,17,20)/t11-/m1/s1. The van der Waals surface area contributed by atoms with Gasteiger partial charge in [0.1, 0.15) is 0 Å². The Bertz CT molecular complexity index is 402. The molecule has 3 aliphatic rings. The predicted octanol–water partition coefficient (Wildman–Crippen LogP) is 0.503. The summed E-state index contributed by atoms with van der Waals surface area (Å²) in [7, 11) is 1.85. The quantitative estimate of drug-likeness (QED) is 0.770. The molecule has 20 heavy (non-hydrogen) atoms. The highest BCUT2D eigenvalue weighted by molar-refractivity contribution is 5.89. The van der Waals surface area contributed by atoms with Crippen LogP contribution < -0.4 is 10.6 Å². The minimum atomic E-state index is -0.293. The van der Waals surface area contributed by atoms with Gasteiger partial charge in [0.25, 0.3) is 0 Å². The normalized spacial score (nSPS) is 28.1. The van der Waals surface area contributed by atoms with Crippen molar-refractivity contribution in [3.05, 3.63) is 0 Å². The second-order valence-electron chi connectivity index (χ2n) is 6.61. The molecule has 0 bridgehead atoms. The van der Waals surface area contributed by atoms with Gasteiger partial charge in [0.05, 0.1) is 5.54 Å². The Kier molecular flexibility index (Phi) is 3.71. The van der Waals surface area contributed by atoms with Crippen LogP contribution in [0.3, 0.4) is 0 Å². The number of nitrogens with one attached hydrogen (secondary N) is 2. The Hall–Kier alpha value is -1.10. The Morgan fingerprint density at radius 1 is 1.25 bits per heavy atom. The van der Waals surface area contributed by atoms with Gasteiger partial charge in [0.2, 0.25) is 11.8 Å². The Morgan fingerprint density at radius 3 is 2.60 bits per heavy atom. The monoisotopic (exact) mass is 279 g/mol. The second kappa shape index (κ2) is 5.35. The molecule has 5 heteroatoms. The highest BCUT2D eigenvalue weighted by atomic mass is 16.2. The van der Waals surface area contributed by atoms with E-state index < -0.39 is 0 Å². The summed E-state index contributed by atoms with van der Waals surface area (Å²) in [4.78, 5) is 26.2. The number of carbonyl (C=O) groups excluding carboxylic acids is 2. The number of carbonyl (C=O) groups is 2. The van der Waals surface area contributed by atoms with Crippen molar-refractivity contribution in [2.24, 2.45) is 11.8 Å². The van der Waals surface area contributed by atoms with Gasteiger partial charge in [-0.2, -0.15) is 0 Å². The zero-order valence-corrected chi connectivity index (χ0v) is 12.3. The second-order valence-corrected chi connectivity index (χ2v) is 6.61. The number of amides is 2. The Labute approximate surface area is 120 Å². The van der Waals surface area contributed by atoms with Crippen molar-refractivity contribution in [1.29, 1.82) is 0 Å². The van der Waals surface area contributed by atoms with Gasteiger partial charge in [-0.3, -0.25) is 9.59 Å². The Morgan fingerprint density at radius 2 is 2.00 bits per heavy atom. The lowest BCUT2D eigenvalue weighted by molar-refractivity contribution is -0.134. The molecule has 0 aromatic carbocycles. The van der Waals surface area contributed by atoms with Crippen LogP contribution in [0, 0.1) is 11.8 Å². The Balaban J connectivity index is 1.45. The fourth-order valence-corrected chi connectivity index (χ4v) is 3.14. The summed E-state index contributed by atoms with van der Waals surface area (Å²) < 4.78 is 0. The van der Waals surface area contributed by atoms with Crippen LogP contribution >= 0.6 is 0 Å². The highest BCUT2D eigenvalue weighted by Gasteiger charge is 2.48. The molecule has 3 fully saturated rings. The maximum absolute atomic E-state index is 12.1. The molecule has 3 rings (SSSR count). The third-order valence-corrected chi connectivity index (χ3v) is 4.97. The summed E-state index contributed by atoms with van der Waals surface area (Å²) >= 11 is 0. The van der Waals surface area contributed by atoms with Gasteiger partial charge >= 0.3 is 0 Å². The van der Waals surface area contributed by atoms with Crippen LogP contribution in [0.15, 0.2) is 0 Å². The van der Waals surface area contributed by atoms with Crippen molar-refractivity contribution in [2.45, 2.75) is 44.1 Å². The van der Waals surface area contributed by atoms with Crippen molar-refractivity contribution in [3.63, 3.8) is 0 Å².